The Kier molecular flexibility index (Phi) is 14.9. The SMILES string of the molecule is CCN(CCOCCOCCN(CCOCCO)Cc1cc(N)cc(C(=O)O)n1)Cc1cccc(C(=O)O)n1. The van der Waals surface area contributed by atoms with Gasteiger partial charge in [0.2, 0.25) is 0 Å². The molecule has 0 radical (unpaired) electrons. The Balaban J connectivity index is 1.71. The number of nitrogens with zero attached hydrogens (tertiary/aromatic N) is 4. The zero-order chi connectivity index (χ0) is 28.5. The van der Waals surface area contributed by atoms with Gasteiger partial charge in [-0.25, -0.2) is 19.6 Å². The molecule has 216 valence electrons. The number of aliphatic hydroxyl groups is 1. The van der Waals surface area contributed by atoms with Crippen LogP contribution in [-0.4, -0.2) is 119 Å². The summed E-state index contributed by atoms with van der Waals surface area (Å²) in [5, 5.41) is 27.2. The molecule has 2 aromatic heterocycles. The fraction of sp³-hybridized carbons (Fsp3) is 0.538. The van der Waals surface area contributed by atoms with Gasteiger partial charge in [0.15, 0.2) is 5.69 Å². The van der Waals surface area contributed by atoms with Gasteiger partial charge in [-0.3, -0.25) is 9.80 Å². The molecule has 0 saturated carbocycles. The van der Waals surface area contributed by atoms with Gasteiger partial charge in [0.25, 0.3) is 0 Å². The summed E-state index contributed by atoms with van der Waals surface area (Å²) >= 11 is 0. The third kappa shape index (κ3) is 12.9. The van der Waals surface area contributed by atoms with Crippen LogP contribution in [0.4, 0.5) is 5.69 Å². The largest absolute Gasteiger partial charge is 0.477 e. The van der Waals surface area contributed by atoms with E-state index < -0.39 is 11.9 Å². The van der Waals surface area contributed by atoms with Crippen LogP contribution in [0.25, 0.3) is 0 Å². The summed E-state index contributed by atoms with van der Waals surface area (Å²) in [7, 11) is 0. The summed E-state index contributed by atoms with van der Waals surface area (Å²) < 4.78 is 16.8. The standard InChI is InChI=1S/C26H39N5O8/c1-2-30(18-21-4-3-5-23(28-21)25(33)34)6-10-38-14-15-39-12-8-31(7-11-37-13-9-32)19-22-16-20(27)17-24(29-22)26(35)36/h3-5,16-17,32H,2,6-15,18-19H2,1H3,(H2,27,29)(H,33,34)(H,35,36). The molecule has 5 N–H and O–H groups in total. The number of ether oxygens (including phenoxy) is 3. The van der Waals surface area contributed by atoms with E-state index in [0.717, 1.165) is 6.54 Å². The molecule has 0 saturated heterocycles. The maximum absolute atomic E-state index is 11.3. The van der Waals surface area contributed by atoms with E-state index in [9.17, 15) is 14.7 Å². The third-order valence-electron chi connectivity index (χ3n) is 5.63. The minimum atomic E-state index is -1.14. The lowest BCUT2D eigenvalue weighted by atomic mass is 10.2. The molecule has 2 heterocycles. The van der Waals surface area contributed by atoms with Crippen LogP contribution < -0.4 is 5.73 Å². The molecule has 0 spiro atoms. The van der Waals surface area contributed by atoms with Crippen molar-refractivity contribution in [3.63, 3.8) is 0 Å². The van der Waals surface area contributed by atoms with Crippen molar-refractivity contribution in [2.24, 2.45) is 0 Å². The molecule has 0 fully saturated rings. The fourth-order valence-corrected chi connectivity index (χ4v) is 3.64. The van der Waals surface area contributed by atoms with Crippen molar-refractivity contribution in [3.8, 4) is 0 Å². The van der Waals surface area contributed by atoms with Crippen LogP contribution in [0.3, 0.4) is 0 Å². The van der Waals surface area contributed by atoms with Crippen LogP contribution in [0, 0.1) is 0 Å². The van der Waals surface area contributed by atoms with E-state index in [-0.39, 0.29) is 24.6 Å². The summed E-state index contributed by atoms with van der Waals surface area (Å²) in [5.74, 6) is -2.19. The smallest absolute Gasteiger partial charge is 0.354 e. The van der Waals surface area contributed by atoms with Gasteiger partial charge in [0.1, 0.15) is 5.69 Å². The molecule has 0 amide bonds. The molecule has 0 aromatic carbocycles. The predicted octanol–water partition coefficient (Wildman–Crippen LogP) is 0.821. The van der Waals surface area contributed by atoms with Crippen LogP contribution in [0.5, 0.6) is 0 Å². The van der Waals surface area contributed by atoms with Crippen LogP contribution in [0.1, 0.15) is 39.3 Å². The third-order valence-corrected chi connectivity index (χ3v) is 5.63. The maximum atomic E-state index is 11.3. The van der Waals surface area contributed by atoms with E-state index >= 15 is 0 Å². The molecule has 0 aliphatic rings. The second-order valence-corrected chi connectivity index (χ2v) is 8.61. The molecular weight excluding hydrogens is 510 g/mol. The Bertz CT molecular complexity index is 1030. The molecule has 2 rings (SSSR count). The highest BCUT2D eigenvalue weighted by molar-refractivity contribution is 5.86. The highest BCUT2D eigenvalue weighted by Crippen LogP contribution is 2.11. The van der Waals surface area contributed by atoms with E-state index in [4.69, 9.17) is 30.2 Å². The van der Waals surface area contributed by atoms with Crippen molar-refractivity contribution in [2.75, 3.05) is 78.2 Å². The van der Waals surface area contributed by atoms with E-state index in [0.29, 0.717) is 82.8 Å². The monoisotopic (exact) mass is 549 g/mol. The number of nitrogens with two attached hydrogens (primary N) is 1. The number of anilines is 1. The van der Waals surface area contributed by atoms with Crippen LogP contribution in [0.2, 0.25) is 0 Å². The Morgan fingerprint density at radius 1 is 0.795 bits per heavy atom. The molecule has 0 aliphatic heterocycles. The average Bonchev–Trinajstić information content (AvgIpc) is 2.91. The second-order valence-electron chi connectivity index (χ2n) is 8.61. The number of hydrogen-bond donors (Lipinski definition) is 4. The van der Waals surface area contributed by atoms with Crippen molar-refractivity contribution in [1.29, 1.82) is 0 Å². The molecule has 13 heteroatoms. The van der Waals surface area contributed by atoms with Crippen molar-refractivity contribution in [2.45, 2.75) is 20.0 Å². The van der Waals surface area contributed by atoms with Crippen molar-refractivity contribution >= 4 is 17.6 Å². The first-order valence-corrected chi connectivity index (χ1v) is 12.8. The number of rotatable bonds is 21. The minimum absolute atomic E-state index is 0.0300. The lowest BCUT2D eigenvalue weighted by Gasteiger charge is -2.22. The van der Waals surface area contributed by atoms with Crippen molar-refractivity contribution < 1.29 is 39.1 Å². The van der Waals surface area contributed by atoms with Crippen molar-refractivity contribution in [1.82, 2.24) is 19.8 Å². The van der Waals surface area contributed by atoms with Crippen molar-refractivity contribution in [3.05, 3.63) is 53.1 Å². The van der Waals surface area contributed by atoms with E-state index in [1.807, 2.05) is 11.8 Å². The summed E-state index contributed by atoms with van der Waals surface area (Å²) in [6.07, 6.45) is 0. The molecule has 0 unspecified atom stereocenters. The number of carbonyl (C=O) groups is 2. The number of hydrogen-bond acceptors (Lipinski definition) is 11. The second kappa shape index (κ2) is 18.2. The molecule has 0 bridgehead atoms. The molecule has 0 atom stereocenters. The van der Waals surface area contributed by atoms with Gasteiger partial charge < -0.3 is 35.3 Å². The Labute approximate surface area is 228 Å². The highest BCUT2D eigenvalue weighted by atomic mass is 16.5. The Hall–Kier alpha value is -3.20. The van der Waals surface area contributed by atoms with E-state index in [1.165, 1.54) is 12.1 Å². The number of pyridine rings is 2. The summed E-state index contributed by atoms with van der Waals surface area (Å²) in [6, 6.07) is 7.92. The lowest BCUT2D eigenvalue weighted by Crippen LogP contribution is -2.32. The average molecular weight is 550 g/mol. The Morgan fingerprint density at radius 2 is 1.36 bits per heavy atom. The number of aliphatic hydroxyl groups excluding tert-OH is 1. The van der Waals surface area contributed by atoms with Gasteiger partial charge in [0, 0.05) is 38.4 Å². The minimum Gasteiger partial charge on any atom is -0.477 e. The molecule has 2 aromatic rings. The van der Waals surface area contributed by atoms with Gasteiger partial charge in [-0.05, 0) is 30.8 Å². The van der Waals surface area contributed by atoms with Gasteiger partial charge in [0.05, 0.1) is 57.6 Å². The number of aromatic nitrogens is 2. The molecule has 13 nitrogen and oxygen atoms in total. The first-order valence-electron chi connectivity index (χ1n) is 12.8. The van der Waals surface area contributed by atoms with Crippen LogP contribution in [-0.2, 0) is 27.3 Å². The quantitative estimate of drug-likeness (QED) is 0.161. The van der Waals surface area contributed by atoms with Crippen LogP contribution >= 0.6 is 0 Å². The predicted molar refractivity (Wildman–Crippen MR) is 143 cm³/mol. The maximum Gasteiger partial charge on any atom is 0.354 e. The zero-order valence-corrected chi connectivity index (χ0v) is 22.3. The van der Waals surface area contributed by atoms with Gasteiger partial charge >= 0.3 is 11.9 Å². The number of carboxylic acid groups (broad SMARTS) is 2. The topological polar surface area (TPSA) is 181 Å². The van der Waals surface area contributed by atoms with Gasteiger partial charge in [-0.15, -0.1) is 0 Å². The number of aromatic carboxylic acids is 2. The normalized spacial score (nSPS) is 11.4. The Morgan fingerprint density at radius 3 is 1.95 bits per heavy atom. The van der Waals surface area contributed by atoms with E-state index in [2.05, 4.69) is 14.9 Å². The number of nitrogen functional groups attached to an aromatic ring is 1. The molecule has 0 aliphatic carbocycles. The first-order chi connectivity index (χ1) is 18.8. The molecular formula is C26H39N5O8. The fourth-order valence-electron chi connectivity index (χ4n) is 3.64. The highest BCUT2D eigenvalue weighted by Gasteiger charge is 2.12. The summed E-state index contributed by atoms with van der Waals surface area (Å²) in [5.41, 5.74) is 7.31. The first kappa shape index (κ1) is 32.0. The van der Waals surface area contributed by atoms with Crippen LogP contribution in [0.15, 0.2) is 30.3 Å². The molecule has 39 heavy (non-hydrogen) atoms. The van der Waals surface area contributed by atoms with Gasteiger partial charge in [-0.1, -0.05) is 13.0 Å². The lowest BCUT2D eigenvalue weighted by molar-refractivity contribution is 0.0242. The van der Waals surface area contributed by atoms with Gasteiger partial charge in [-0.2, -0.15) is 0 Å². The van der Waals surface area contributed by atoms with E-state index in [1.54, 1.807) is 18.2 Å². The summed E-state index contributed by atoms with van der Waals surface area (Å²) in [6.45, 7) is 7.75. The number of carboxylic acids is 2. The number of likely N-dealkylation sites (N-methyl/N-ethyl adjacent to an activating group) is 1. The summed E-state index contributed by atoms with van der Waals surface area (Å²) in [4.78, 5) is 34.9. The zero-order valence-electron chi connectivity index (χ0n) is 22.3.